The summed E-state index contributed by atoms with van der Waals surface area (Å²) in [5.41, 5.74) is 2.85. The first-order valence-electron chi connectivity index (χ1n) is 8.61. The Morgan fingerprint density at radius 1 is 1.07 bits per heavy atom. The maximum absolute atomic E-state index is 12.8. The monoisotopic (exact) mass is 419 g/mol. The fourth-order valence-electron chi connectivity index (χ4n) is 3.08. The molecular formula is C21H19Cl2NO4. The van der Waals surface area contributed by atoms with Crippen molar-refractivity contribution in [2.24, 2.45) is 0 Å². The highest BCUT2D eigenvalue weighted by Crippen LogP contribution is 2.40. The number of methoxy groups -OCH3 is 2. The van der Waals surface area contributed by atoms with Crippen LogP contribution in [0.2, 0.25) is 5.02 Å². The molecule has 7 heteroatoms. The van der Waals surface area contributed by atoms with E-state index >= 15 is 0 Å². The molecule has 0 aliphatic rings. The number of aromatic nitrogens is 1. The fourth-order valence-corrected chi connectivity index (χ4v) is 3.40. The van der Waals surface area contributed by atoms with Crippen LogP contribution in [-0.4, -0.2) is 31.8 Å². The van der Waals surface area contributed by atoms with Crippen LogP contribution in [0.4, 0.5) is 0 Å². The van der Waals surface area contributed by atoms with Crippen molar-refractivity contribution in [3.05, 3.63) is 52.7 Å². The van der Waals surface area contributed by atoms with Crippen LogP contribution in [0.25, 0.3) is 22.0 Å². The van der Waals surface area contributed by atoms with Crippen LogP contribution < -0.4 is 9.47 Å². The molecule has 1 aromatic heterocycles. The SMILES string of the molecule is CCOC(=O)c1c(CCl)nc2cc(OC)c(OC)cc2c1-c1ccc(Cl)cc1. The van der Waals surface area contributed by atoms with Crippen LogP contribution in [0, 0.1) is 0 Å². The first-order valence-corrected chi connectivity index (χ1v) is 9.52. The number of hydrogen-bond donors (Lipinski definition) is 0. The highest BCUT2D eigenvalue weighted by Gasteiger charge is 2.24. The van der Waals surface area contributed by atoms with Gasteiger partial charge in [-0.1, -0.05) is 23.7 Å². The summed E-state index contributed by atoms with van der Waals surface area (Å²) in [5, 5.41) is 1.31. The second-order valence-electron chi connectivity index (χ2n) is 5.89. The molecule has 0 spiro atoms. The highest BCUT2D eigenvalue weighted by atomic mass is 35.5. The zero-order valence-corrected chi connectivity index (χ0v) is 17.2. The van der Waals surface area contributed by atoms with Gasteiger partial charge in [0.05, 0.1) is 43.5 Å². The number of carbonyl (C=O) groups is 1. The molecule has 5 nitrogen and oxygen atoms in total. The largest absolute Gasteiger partial charge is 0.493 e. The summed E-state index contributed by atoms with van der Waals surface area (Å²) in [4.78, 5) is 17.4. The summed E-state index contributed by atoms with van der Waals surface area (Å²) >= 11 is 12.2. The van der Waals surface area contributed by atoms with Crippen molar-refractivity contribution in [1.29, 1.82) is 0 Å². The first-order chi connectivity index (χ1) is 13.5. The van der Waals surface area contributed by atoms with E-state index in [0.717, 1.165) is 10.9 Å². The molecule has 0 fully saturated rings. The molecular weight excluding hydrogens is 401 g/mol. The van der Waals surface area contributed by atoms with Crippen LogP contribution in [0.15, 0.2) is 36.4 Å². The second kappa shape index (κ2) is 8.67. The molecule has 1 heterocycles. The third-order valence-electron chi connectivity index (χ3n) is 4.30. The number of rotatable bonds is 6. The van der Waals surface area contributed by atoms with Crippen LogP contribution in [0.3, 0.4) is 0 Å². The third-order valence-corrected chi connectivity index (χ3v) is 4.81. The van der Waals surface area contributed by atoms with Gasteiger partial charge in [0, 0.05) is 22.0 Å². The van der Waals surface area contributed by atoms with Crippen molar-refractivity contribution in [3.63, 3.8) is 0 Å². The Balaban J connectivity index is 2.45. The molecule has 3 aromatic rings. The minimum absolute atomic E-state index is 0.0546. The van der Waals surface area contributed by atoms with Crippen molar-refractivity contribution in [2.75, 3.05) is 20.8 Å². The average Bonchev–Trinajstić information content (AvgIpc) is 2.72. The van der Waals surface area contributed by atoms with E-state index in [0.29, 0.717) is 38.9 Å². The number of nitrogens with zero attached hydrogens (tertiary/aromatic N) is 1. The lowest BCUT2D eigenvalue weighted by atomic mass is 9.94. The molecule has 146 valence electrons. The zero-order chi connectivity index (χ0) is 20.3. The Kier molecular flexibility index (Phi) is 6.27. The van der Waals surface area contributed by atoms with Gasteiger partial charge in [0.15, 0.2) is 11.5 Å². The van der Waals surface area contributed by atoms with Gasteiger partial charge in [-0.3, -0.25) is 4.98 Å². The Bertz CT molecular complexity index is 1020. The molecule has 0 N–H and O–H groups in total. The van der Waals surface area contributed by atoms with Crippen LogP contribution in [-0.2, 0) is 10.6 Å². The number of ether oxygens (including phenoxy) is 3. The molecule has 0 atom stereocenters. The van der Waals surface area contributed by atoms with Crippen molar-refractivity contribution in [3.8, 4) is 22.6 Å². The molecule has 2 aromatic carbocycles. The van der Waals surface area contributed by atoms with Gasteiger partial charge in [0.1, 0.15) is 0 Å². The Morgan fingerprint density at radius 2 is 1.71 bits per heavy atom. The van der Waals surface area contributed by atoms with E-state index in [1.54, 1.807) is 45.4 Å². The number of pyridine rings is 1. The Morgan fingerprint density at radius 3 is 2.29 bits per heavy atom. The van der Waals surface area contributed by atoms with E-state index in [1.807, 2.05) is 12.1 Å². The fraction of sp³-hybridized carbons (Fsp3) is 0.238. The first kappa shape index (κ1) is 20.2. The number of fused-ring (bicyclic) bond motifs is 1. The van der Waals surface area contributed by atoms with Gasteiger partial charge < -0.3 is 14.2 Å². The maximum Gasteiger partial charge on any atom is 0.340 e. The summed E-state index contributed by atoms with van der Waals surface area (Å²) in [6, 6.07) is 10.8. The molecule has 0 amide bonds. The summed E-state index contributed by atoms with van der Waals surface area (Å²) < 4.78 is 16.1. The summed E-state index contributed by atoms with van der Waals surface area (Å²) in [5.74, 6) is 0.639. The third kappa shape index (κ3) is 3.73. The number of benzene rings is 2. The van der Waals surface area contributed by atoms with Crippen LogP contribution in [0.5, 0.6) is 11.5 Å². The second-order valence-corrected chi connectivity index (χ2v) is 6.60. The summed E-state index contributed by atoms with van der Waals surface area (Å²) in [6.45, 7) is 1.99. The number of carbonyl (C=O) groups excluding carboxylic acids is 1. The number of alkyl halides is 1. The van der Waals surface area contributed by atoms with Crippen LogP contribution in [0.1, 0.15) is 23.0 Å². The van der Waals surface area contributed by atoms with Crippen molar-refractivity contribution < 1.29 is 19.0 Å². The number of esters is 1. The quantitative estimate of drug-likeness (QED) is 0.390. The molecule has 0 aliphatic carbocycles. The van der Waals surface area contributed by atoms with Crippen molar-refractivity contribution >= 4 is 40.1 Å². The van der Waals surface area contributed by atoms with Gasteiger partial charge in [-0.25, -0.2) is 4.79 Å². The molecule has 3 rings (SSSR count). The van der Waals surface area contributed by atoms with Crippen LogP contribution >= 0.6 is 23.2 Å². The molecule has 0 aliphatic heterocycles. The van der Waals surface area contributed by atoms with Gasteiger partial charge >= 0.3 is 5.97 Å². The normalized spacial score (nSPS) is 10.8. The van der Waals surface area contributed by atoms with E-state index in [-0.39, 0.29) is 12.5 Å². The van der Waals surface area contributed by atoms with Gasteiger partial charge in [-0.05, 0) is 30.7 Å². The molecule has 0 saturated carbocycles. The lowest BCUT2D eigenvalue weighted by Crippen LogP contribution is -2.12. The van der Waals surface area contributed by atoms with E-state index in [4.69, 9.17) is 37.4 Å². The smallest absolute Gasteiger partial charge is 0.340 e. The molecule has 28 heavy (non-hydrogen) atoms. The zero-order valence-electron chi connectivity index (χ0n) is 15.7. The predicted molar refractivity (Wildman–Crippen MR) is 111 cm³/mol. The maximum atomic E-state index is 12.8. The van der Waals surface area contributed by atoms with Crippen molar-refractivity contribution in [2.45, 2.75) is 12.8 Å². The molecule has 0 unspecified atom stereocenters. The summed E-state index contributed by atoms with van der Waals surface area (Å²) in [6.07, 6.45) is 0. The molecule has 0 saturated heterocycles. The van der Waals surface area contributed by atoms with Gasteiger partial charge in [-0.15, -0.1) is 11.6 Å². The predicted octanol–water partition coefficient (Wildman–Crippen LogP) is 5.49. The molecule has 0 bridgehead atoms. The highest BCUT2D eigenvalue weighted by molar-refractivity contribution is 6.30. The van der Waals surface area contributed by atoms with Gasteiger partial charge in [0.25, 0.3) is 0 Å². The number of hydrogen-bond acceptors (Lipinski definition) is 5. The minimum Gasteiger partial charge on any atom is -0.493 e. The van der Waals surface area contributed by atoms with Gasteiger partial charge in [-0.2, -0.15) is 0 Å². The van der Waals surface area contributed by atoms with E-state index in [2.05, 4.69) is 4.98 Å². The average molecular weight is 420 g/mol. The minimum atomic E-state index is -0.479. The topological polar surface area (TPSA) is 57.7 Å². The van der Waals surface area contributed by atoms with E-state index in [9.17, 15) is 4.79 Å². The Labute approximate surface area is 173 Å². The lowest BCUT2D eigenvalue weighted by molar-refractivity contribution is 0.0526. The standard InChI is InChI=1S/C21H19Cl2NO4/c1-4-28-21(25)20-16(11-22)24-15-10-18(27-3)17(26-2)9-14(15)19(20)12-5-7-13(23)8-6-12/h5-10H,4,11H2,1-3H3. The van der Waals surface area contributed by atoms with Gasteiger partial charge in [0.2, 0.25) is 0 Å². The lowest BCUT2D eigenvalue weighted by Gasteiger charge is -2.17. The summed E-state index contributed by atoms with van der Waals surface area (Å²) in [7, 11) is 3.11. The van der Waals surface area contributed by atoms with Crippen molar-refractivity contribution in [1.82, 2.24) is 4.98 Å². The number of halogens is 2. The van der Waals surface area contributed by atoms with E-state index in [1.165, 1.54) is 0 Å². The Hall–Kier alpha value is -2.50. The molecule has 0 radical (unpaired) electrons. The van der Waals surface area contributed by atoms with E-state index < -0.39 is 5.97 Å².